The van der Waals surface area contributed by atoms with Gasteiger partial charge in [-0.3, -0.25) is 14.5 Å². The number of phenols is 1. The van der Waals surface area contributed by atoms with Gasteiger partial charge < -0.3 is 20.1 Å². The van der Waals surface area contributed by atoms with Gasteiger partial charge in [-0.1, -0.05) is 80.4 Å². The van der Waals surface area contributed by atoms with Crippen LogP contribution in [0.5, 0.6) is 11.5 Å². The molecule has 44 heavy (non-hydrogen) atoms. The van der Waals surface area contributed by atoms with E-state index in [9.17, 15) is 24.9 Å². The van der Waals surface area contributed by atoms with Gasteiger partial charge in [0.1, 0.15) is 18.1 Å². The van der Waals surface area contributed by atoms with Gasteiger partial charge in [0.05, 0.1) is 24.5 Å². The van der Waals surface area contributed by atoms with Crippen LogP contribution in [0.2, 0.25) is 0 Å². The summed E-state index contributed by atoms with van der Waals surface area (Å²) in [7, 11) is 0. The molecule has 2 aliphatic rings. The monoisotopic (exact) mass is 597 g/mol. The SMILES string of the molecule is CCC/C(=C\c1ccc(O)c2ccccc12)CC[C@@H](O)C1=C(COc2ccccc2)C[C@H]2C(=O)N(CCC)C(=O)[C@H]2[C@H]1CO. The predicted octanol–water partition coefficient (Wildman–Crippen LogP) is 6.27. The van der Waals surface area contributed by atoms with E-state index in [0.717, 1.165) is 34.8 Å². The number of para-hydroxylation sites is 1. The lowest BCUT2D eigenvalue weighted by Crippen LogP contribution is -2.40. The molecule has 3 aromatic rings. The third-order valence-electron chi connectivity index (χ3n) is 9.04. The Morgan fingerprint density at radius 3 is 2.39 bits per heavy atom. The van der Waals surface area contributed by atoms with Gasteiger partial charge in [-0.15, -0.1) is 0 Å². The summed E-state index contributed by atoms with van der Waals surface area (Å²) < 4.78 is 6.11. The lowest BCUT2D eigenvalue weighted by atomic mass is 9.68. The van der Waals surface area contributed by atoms with Crippen molar-refractivity contribution >= 4 is 28.7 Å². The number of aliphatic hydroxyl groups is 2. The summed E-state index contributed by atoms with van der Waals surface area (Å²) in [6, 6.07) is 20.8. The molecule has 0 saturated carbocycles. The molecule has 0 bridgehead atoms. The van der Waals surface area contributed by atoms with E-state index in [0.29, 0.717) is 43.6 Å². The summed E-state index contributed by atoms with van der Waals surface area (Å²) in [5.74, 6) is -1.43. The minimum Gasteiger partial charge on any atom is -0.507 e. The van der Waals surface area contributed by atoms with Gasteiger partial charge in [0.25, 0.3) is 0 Å². The van der Waals surface area contributed by atoms with Crippen LogP contribution in [0.3, 0.4) is 0 Å². The highest BCUT2D eigenvalue weighted by atomic mass is 16.5. The fourth-order valence-corrected chi connectivity index (χ4v) is 7.01. The van der Waals surface area contributed by atoms with E-state index in [1.165, 1.54) is 10.5 Å². The molecule has 1 aliphatic heterocycles. The molecule has 1 saturated heterocycles. The summed E-state index contributed by atoms with van der Waals surface area (Å²) in [5, 5.41) is 34.5. The van der Waals surface area contributed by atoms with Gasteiger partial charge in [0, 0.05) is 17.8 Å². The smallest absolute Gasteiger partial charge is 0.233 e. The third-order valence-corrected chi connectivity index (χ3v) is 9.04. The van der Waals surface area contributed by atoms with Crippen LogP contribution in [0.15, 0.2) is 83.4 Å². The number of amides is 2. The summed E-state index contributed by atoms with van der Waals surface area (Å²) in [5.41, 5.74) is 3.59. The van der Waals surface area contributed by atoms with Crippen molar-refractivity contribution in [2.24, 2.45) is 17.8 Å². The van der Waals surface area contributed by atoms with E-state index in [2.05, 4.69) is 13.0 Å². The fraction of sp³-hybridized carbons (Fsp3) is 0.405. The van der Waals surface area contributed by atoms with E-state index in [1.54, 1.807) is 6.07 Å². The van der Waals surface area contributed by atoms with E-state index in [-0.39, 0.29) is 30.8 Å². The molecule has 7 heteroatoms. The summed E-state index contributed by atoms with van der Waals surface area (Å²) in [4.78, 5) is 28.2. The number of nitrogens with zero attached hydrogens (tertiary/aromatic N) is 1. The number of benzene rings is 3. The average Bonchev–Trinajstić information content (AvgIpc) is 3.28. The highest BCUT2D eigenvalue weighted by Crippen LogP contribution is 2.46. The fourth-order valence-electron chi connectivity index (χ4n) is 7.01. The molecule has 4 atom stereocenters. The number of carbonyl (C=O) groups excluding carboxylic acids is 2. The molecular formula is C37H43NO6. The van der Waals surface area contributed by atoms with Crippen LogP contribution in [0.25, 0.3) is 16.8 Å². The van der Waals surface area contributed by atoms with Crippen LogP contribution in [0, 0.1) is 17.8 Å². The molecule has 0 spiro atoms. The van der Waals surface area contributed by atoms with Crippen molar-refractivity contribution in [3.63, 3.8) is 0 Å². The van der Waals surface area contributed by atoms with Crippen molar-refractivity contribution in [2.45, 2.75) is 58.5 Å². The van der Waals surface area contributed by atoms with Gasteiger partial charge in [-0.2, -0.15) is 0 Å². The van der Waals surface area contributed by atoms with Crippen LogP contribution < -0.4 is 4.74 Å². The maximum atomic E-state index is 13.5. The first-order valence-corrected chi connectivity index (χ1v) is 15.8. The van der Waals surface area contributed by atoms with Crippen molar-refractivity contribution in [3.05, 3.63) is 89.0 Å². The average molecular weight is 598 g/mol. The molecule has 1 heterocycles. The predicted molar refractivity (Wildman–Crippen MR) is 172 cm³/mol. The lowest BCUT2D eigenvalue weighted by molar-refractivity contribution is -0.140. The molecule has 3 aromatic carbocycles. The summed E-state index contributed by atoms with van der Waals surface area (Å²) in [6.45, 7) is 4.24. The van der Waals surface area contributed by atoms with Crippen LogP contribution in [-0.2, 0) is 9.59 Å². The van der Waals surface area contributed by atoms with Gasteiger partial charge in [0.2, 0.25) is 11.8 Å². The second kappa shape index (κ2) is 14.2. The number of aromatic hydroxyl groups is 1. The Morgan fingerprint density at radius 2 is 1.68 bits per heavy atom. The van der Waals surface area contributed by atoms with E-state index >= 15 is 0 Å². The number of carbonyl (C=O) groups is 2. The van der Waals surface area contributed by atoms with Crippen molar-refractivity contribution in [1.82, 2.24) is 4.90 Å². The number of ether oxygens (including phenoxy) is 1. The molecule has 1 aliphatic carbocycles. The Kier molecular flexibility index (Phi) is 10.2. The molecule has 5 rings (SSSR count). The van der Waals surface area contributed by atoms with Crippen LogP contribution in [0.1, 0.15) is 57.9 Å². The largest absolute Gasteiger partial charge is 0.507 e. The number of likely N-dealkylation sites (tertiary alicyclic amines) is 1. The number of imide groups is 1. The Morgan fingerprint density at radius 1 is 0.955 bits per heavy atom. The molecule has 0 radical (unpaired) electrons. The molecular weight excluding hydrogens is 554 g/mol. The molecule has 2 amide bonds. The normalized spacial score (nSPS) is 21.2. The first-order valence-electron chi connectivity index (χ1n) is 15.8. The maximum Gasteiger partial charge on any atom is 0.233 e. The zero-order valence-corrected chi connectivity index (χ0v) is 25.6. The zero-order chi connectivity index (χ0) is 31.2. The highest BCUT2D eigenvalue weighted by Gasteiger charge is 2.54. The van der Waals surface area contributed by atoms with E-state index < -0.39 is 23.9 Å². The van der Waals surface area contributed by atoms with Crippen LogP contribution >= 0.6 is 0 Å². The zero-order valence-electron chi connectivity index (χ0n) is 25.6. The standard InChI is InChI=1S/C37H43NO6/c1-3-10-24(20-25-16-18-32(40)29-14-9-8-13-28(25)29)15-17-33(41)34-26(23-44-27-11-6-5-7-12-27)21-30-35(31(34)22-39)37(43)38(19-4-2)36(30)42/h5-9,11-14,16,18,20,30-31,33,35,39-41H,3-4,10,15,17,19,21-23H2,1-2H3/b24-20+/t30-,31+,33-,35-/m1/s1. The number of fused-ring (bicyclic) bond motifs is 2. The van der Waals surface area contributed by atoms with Gasteiger partial charge in [0.15, 0.2) is 0 Å². The van der Waals surface area contributed by atoms with Crippen LogP contribution in [0.4, 0.5) is 0 Å². The summed E-state index contributed by atoms with van der Waals surface area (Å²) >= 11 is 0. The number of hydrogen-bond acceptors (Lipinski definition) is 6. The quantitative estimate of drug-likeness (QED) is 0.158. The van der Waals surface area contributed by atoms with Crippen LogP contribution in [-0.4, -0.2) is 57.9 Å². The second-order valence-electron chi connectivity index (χ2n) is 11.9. The molecule has 1 fully saturated rings. The first-order chi connectivity index (χ1) is 21.4. The van der Waals surface area contributed by atoms with Gasteiger partial charge in [-0.25, -0.2) is 0 Å². The summed E-state index contributed by atoms with van der Waals surface area (Å²) in [6.07, 6.45) is 5.01. The molecule has 3 N–H and O–H groups in total. The lowest BCUT2D eigenvalue weighted by Gasteiger charge is -2.36. The second-order valence-corrected chi connectivity index (χ2v) is 11.9. The first kappa shape index (κ1) is 31.5. The Labute approximate surface area is 259 Å². The maximum absolute atomic E-state index is 13.5. The Bertz CT molecular complexity index is 1540. The van der Waals surface area contributed by atoms with Crippen molar-refractivity contribution < 1.29 is 29.6 Å². The Balaban J connectivity index is 1.45. The molecule has 7 nitrogen and oxygen atoms in total. The van der Waals surface area contributed by atoms with Gasteiger partial charge >= 0.3 is 0 Å². The highest BCUT2D eigenvalue weighted by molar-refractivity contribution is 6.06. The van der Waals surface area contributed by atoms with Gasteiger partial charge in [-0.05, 0) is 72.4 Å². The number of phenolic OH excluding ortho intramolecular Hbond substituents is 1. The van der Waals surface area contributed by atoms with Crippen molar-refractivity contribution in [3.8, 4) is 11.5 Å². The van der Waals surface area contributed by atoms with Crippen molar-refractivity contribution in [1.29, 1.82) is 0 Å². The molecule has 0 aromatic heterocycles. The third kappa shape index (κ3) is 6.44. The van der Waals surface area contributed by atoms with E-state index in [4.69, 9.17) is 4.74 Å². The number of allylic oxidation sites excluding steroid dienone is 1. The Hall–Kier alpha value is -3.94. The minimum atomic E-state index is -0.914. The topological polar surface area (TPSA) is 107 Å². The molecule has 232 valence electrons. The minimum absolute atomic E-state index is 0.169. The number of aliphatic hydroxyl groups excluding tert-OH is 2. The number of hydrogen-bond donors (Lipinski definition) is 3. The number of rotatable bonds is 13. The molecule has 0 unspecified atom stereocenters. The van der Waals surface area contributed by atoms with Crippen molar-refractivity contribution in [2.75, 3.05) is 19.8 Å². The van der Waals surface area contributed by atoms with E-state index in [1.807, 2.05) is 67.6 Å².